The fourth-order valence-corrected chi connectivity index (χ4v) is 4.74. The van der Waals surface area contributed by atoms with Crippen LogP contribution >= 0.6 is 0 Å². The molecule has 4 aromatic rings. The molecular formula is C28H30N4O3. The quantitative estimate of drug-likeness (QED) is 0.434. The van der Waals surface area contributed by atoms with Crippen LogP contribution in [-0.4, -0.2) is 33.7 Å². The Morgan fingerprint density at radius 1 is 1.03 bits per heavy atom. The van der Waals surface area contributed by atoms with E-state index in [1.807, 2.05) is 68.6 Å². The van der Waals surface area contributed by atoms with Crippen molar-refractivity contribution in [2.75, 3.05) is 13.2 Å². The minimum atomic E-state index is -0.136. The second kappa shape index (κ2) is 9.41. The van der Waals surface area contributed by atoms with Crippen molar-refractivity contribution in [1.82, 2.24) is 19.9 Å². The molecule has 1 aliphatic rings. The van der Waals surface area contributed by atoms with Crippen LogP contribution in [0, 0.1) is 20.8 Å². The summed E-state index contributed by atoms with van der Waals surface area (Å²) in [5, 5.41) is 7.88. The molecule has 1 aliphatic heterocycles. The van der Waals surface area contributed by atoms with E-state index in [1.54, 1.807) is 0 Å². The number of nitrogens with one attached hydrogen (secondary N) is 1. The second-order valence-corrected chi connectivity index (χ2v) is 9.02. The van der Waals surface area contributed by atoms with Crippen molar-refractivity contribution in [3.63, 3.8) is 0 Å². The van der Waals surface area contributed by atoms with E-state index in [-0.39, 0.29) is 11.9 Å². The maximum atomic E-state index is 12.8. The van der Waals surface area contributed by atoms with Gasteiger partial charge in [-0.1, -0.05) is 36.4 Å². The lowest BCUT2D eigenvalue weighted by molar-refractivity contribution is -0.121. The number of carbonyl (C=O) groups is 1. The lowest BCUT2D eigenvalue weighted by atomic mass is 10.0. The topological polar surface area (TPSA) is 77.8 Å². The van der Waals surface area contributed by atoms with Crippen LogP contribution in [0.4, 0.5) is 0 Å². The van der Waals surface area contributed by atoms with Crippen LogP contribution in [0.15, 0.2) is 48.5 Å². The van der Waals surface area contributed by atoms with Gasteiger partial charge in [0.2, 0.25) is 5.91 Å². The number of hydrogen-bond donors (Lipinski definition) is 1. The van der Waals surface area contributed by atoms with Crippen molar-refractivity contribution < 1.29 is 14.3 Å². The van der Waals surface area contributed by atoms with E-state index in [9.17, 15) is 4.79 Å². The number of benzene rings is 2. The van der Waals surface area contributed by atoms with Gasteiger partial charge in [0, 0.05) is 23.4 Å². The zero-order valence-electron chi connectivity index (χ0n) is 20.6. The van der Waals surface area contributed by atoms with E-state index in [2.05, 4.69) is 17.4 Å². The fraction of sp³-hybridized carbons (Fsp3) is 0.321. The number of hydrogen-bond acceptors (Lipinski definition) is 5. The predicted octanol–water partition coefficient (Wildman–Crippen LogP) is 4.90. The summed E-state index contributed by atoms with van der Waals surface area (Å²) < 4.78 is 13.2. The molecule has 0 saturated heterocycles. The highest BCUT2D eigenvalue weighted by atomic mass is 16.6. The molecule has 0 saturated carbocycles. The third kappa shape index (κ3) is 4.46. The summed E-state index contributed by atoms with van der Waals surface area (Å²) in [6, 6.07) is 15.9. The summed E-state index contributed by atoms with van der Waals surface area (Å²) in [5.41, 5.74) is 7.94. The Morgan fingerprint density at radius 2 is 1.77 bits per heavy atom. The molecule has 1 N–H and O–H groups in total. The molecule has 7 nitrogen and oxygen atoms in total. The number of carbonyl (C=O) groups excluding carboxylic acids is 1. The Hall–Kier alpha value is -3.87. The molecule has 0 aliphatic carbocycles. The molecule has 0 spiro atoms. The first kappa shape index (κ1) is 22.9. The highest BCUT2D eigenvalue weighted by molar-refractivity contribution is 5.80. The van der Waals surface area contributed by atoms with Gasteiger partial charge in [0.15, 0.2) is 17.1 Å². The minimum Gasteiger partial charge on any atom is -0.486 e. The van der Waals surface area contributed by atoms with Crippen LogP contribution in [0.1, 0.15) is 47.6 Å². The standard InChI is InChI=1S/C28H30N4O3/c1-17(22-10-12-24-25(16-22)35-15-14-34-24)29-26(33)13-11-23-18(2)30-28-27(21-8-6-5-7-9-21)19(3)31-32(28)20(23)4/h5-10,12,16-17H,11,13-15H2,1-4H3,(H,29,33)/t17-/m0/s1. The second-order valence-electron chi connectivity index (χ2n) is 9.02. The van der Waals surface area contributed by atoms with Crippen molar-refractivity contribution in [1.29, 1.82) is 0 Å². The summed E-state index contributed by atoms with van der Waals surface area (Å²) in [6.45, 7) is 9.15. The van der Waals surface area contributed by atoms with E-state index in [1.165, 1.54) is 0 Å². The van der Waals surface area contributed by atoms with E-state index in [0.29, 0.717) is 26.1 Å². The number of fused-ring (bicyclic) bond motifs is 2. The molecule has 35 heavy (non-hydrogen) atoms. The van der Waals surface area contributed by atoms with Crippen LogP contribution in [0.2, 0.25) is 0 Å². The molecule has 2 aromatic carbocycles. The Morgan fingerprint density at radius 3 is 2.54 bits per heavy atom. The molecule has 5 rings (SSSR count). The van der Waals surface area contributed by atoms with Gasteiger partial charge in [-0.25, -0.2) is 9.50 Å². The molecule has 180 valence electrons. The number of amides is 1. The number of nitrogens with zero attached hydrogens (tertiary/aromatic N) is 3. The number of rotatable bonds is 6. The first-order chi connectivity index (χ1) is 16.9. The van der Waals surface area contributed by atoms with Crippen molar-refractivity contribution >= 4 is 11.6 Å². The molecule has 0 bridgehead atoms. The van der Waals surface area contributed by atoms with Gasteiger partial charge in [-0.05, 0) is 62.9 Å². The molecule has 0 fully saturated rings. The normalized spacial score (nSPS) is 13.6. The Bertz CT molecular complexity index is 1390. The molecule has 0 radical (unpaired) electrons. The largest absolute Gasteiger partial charge is 0.486 e. The zero-order chi connectivity index (χ0) is 24.5. The number of aromatic nitrogens is 3. The summed E-state index contributed by atoms with van der Waals surface area (Å²) in [4.78, 5) is 17.7. The maximum Gasteiger partial charge on any atom is 0.220 e. The molecule has 3 heterocycles. The predicted molar refractivity (Wildman–Crippen MR) is 135 cm³/mol. The smallest absolute Gasteiger partial charge is 0.220 e. The van der Waals surface area contributed by atoms with Gasteiger partial charge in [-0.2, -0.15) is 5.10 Å². The van der Waals surface area contributed by atoms with Gasteiger partial charge in [0.25, 0.3) is 0 Å². The van der Waals surface area contributed by atoms with Crippen LogP contribution in [-0.2, 0) is 11.2 Å². The molecule has 2 aromatic heterocycles. The van der Waals surface area contributed by atoms with Crippen molar-refractivity contribution in [3.8, 4) is 22.6 Å². The summed E-state index contributed by atoms with van der Waals surface area (Å²) in [5.74, 6) is 1.47. The maximum absolute atomic E-state index is 12.8. The third-order valence-electron chi connectivity index (χ3n) is 6.61. The minimum absolute atomic E-state index is 0.00657. The first-order valence-electron chi connectivity index (χ1n) is 12.0. The Balaban J connectivity index is 1.31. The lowest BCUT2D eigenvalue weighted by Gasteiger charge is -2.21. The van der Waals surface area contributed by atoms with Crippen molar-refractivity contribution in [2.24, 2.45) is 0 Å². The molecule has 1 amide bonds. The molecule has 0 unspecified atom stereocenters. The van der Waals surface area contributed by atoms with E-state index >= 15 is 0 Å². The van der Waals surface area contributed by atoms with Gasteiger partial charge in [-0.3, -0.25) is 4.79 Å². The van der Waals surface area contributed by atoms with Crippen molar-refractivity contribution in [2.45, 2.75) is 46.6 Å². The van der Waals surface area contributed by atoms with Crippen LogP contribution in [0.3, 0.4) is 0 Å². The molecule has 1 atom stereocenters. The van der Waals surface area contributed by atoms with Crippen LogP contribution in [0.25, 0.3) is 16.8 Å². The van der Waals surface area contributed by atoms with E-state index in [4.69, 9.17) is 19.6 Å². The van der Waals surface area contributed by atoms with Crippen molar-refractivity contribution in [3.05, 3.63) is 76.7 Å². The summed E-state index contributed by atoms with van der Waals surface area (Å²) in [6.07, 6.45) is 0.968. The van der Waals surface area contributed by atoms with Gasteiger partial charge in [0.1, 0.15) is 13.2 Å². The summed E-state index contributed by atoms with van der Waals surface area (Å²) >= 11 is 0. The SMILES string of the molecule is Cc1nc2c(-c3ccccc3)c(C)nn2c(C)c1CCC(=O)N[C@@H](C)c1ccc2c(c1)OCCO2. The van der Waals surface area contributed by atoms with Gasteiger partial charge in [0.05, 0.1) is 11.7 Å². The average Bonchev–Trinajstić information content (AvgIpc) is 3.19. The molecular weight excluding hydrogens is 440 g/mol. The zero-order valence-corrected chi connectivity index (χ0v) is 20.6. The van der Waals surface area contributed by atoms with Crippen LogP contribution in [0.5, 0.6) is 11.5 Å². The van der Waals surface area contributed by atoms with Gasteiger partial charge >= 0.3 is 0 Å². The third-order valence-corrected chi connectivity index (χ3v) is 6.61. The van der Waals surface area contributed by atoms with E-state index < -0.39 is 0 Å². The van der Waals surface area contributed by atoms with Crippen LogP contribution < -0.4 is 14.8 Å². The van der Waals surface area contributed by atoms with Gasteiger partial charge < -0.3 is 14.8 Å². The molecule has 7 heteroatoms. The lowest BCUT2D eigenvalue weighted by Crippen LogP contribution is -2.27. The fourth-order valence-electron chi connectivity index (χ4n) is 4.74. The highest BCUT2D eigenvalue weighted by Crippen LogP contribution is 2.33. The first-order valence-corrected chi connectivity index (χ1v) is 12.0. The summed E-state index contributed by atoms with van der Waals surface area (Å²) in [7, 11) is 0. The Kier molecular flexibility index (Phi) is 6.16. The van der Waals surface area contributed by atoms with Gasteiger partial charge in [-0.15, -0.1) is 0 Å². The highest BCUT2D eigenvalue weighted by Gasteiger charge is 2.19. The monoisotopic (exact) mass is 470 g/mol. The number of ether oxygens (including phenoxy) is 2. The Labute approximate surface area is 205 Å². The number of aryl methyl sites for hydroxylation is 3. The average molecular weight is 471 g/mol. The van der Waals surface area contributed by atoms with E-state index in [0.717, 1.165) is 56.5 Å².